The van der Waals surface area contributed by atoms with Crippen molar-refractivity contribution in [2.24, 2.45) is 0 Å². The fraction of sp³-hybridized carbons (Fsp3) is 0.438. The molecule has 0 unspecified atom stereocenters. The number of likely N-dealkylation sites (N-methyl/N-ethyl adjacent to an activating group) is 1. The highest BCUT2D eigenvalue weighted by atomic mass is 16.5. The zero-order valence-electron chi connectivity index (χ0n) is 12.2. The molecule has 0 saturated heterocycles. The summed E-state index contributed by atoms with van der Waals surface area (Å²) in [7, 11) is 0. The molecule has 0 fully saturated rings. The van der Waals surface area contributed by atoms with E-state index in [-0.39, 0.29) is 12.5 Å². The first-order valence-corrected chi connectivity index (χ1v) is 7.02. The number of benzene rings is 1. The van der Waals surface area contributed by atoms with Gasteiger partial charge in [-0.2, -0.15) is 0 Å². The molecule has 110 valence electrons. The van der Waals surface area contributed by atoms with Gasteiger partial charge in [-0.15, -0.1) is 0 Å². The summed E-state index contributed by atoms with van der Waals surface area (Å²) in [6.45, 7) is 5.60. The van der Waals surface area contributed by atoms with Gasteiger partial charge < -0.3 is 14.7 Å². The fourth-order valence-electron chi connectivity index (χ4n) is 1.71. The Morgan fingerprint density at radius 3 is 2.55 bits per heavy atom. The number of rotatable bonds is 8. The summed E-state index contributed by atoms with van der Waals surface area (Å²) in [5.74, 6) is 0.749. The molecule has 0 radical (unpaired) electrons. The predicted molar refractivity (Wildman–Crippen MR) is 80.6 cm³/mol. The van der Waals surface area contributed by atoms with E-state index in [1.807, 2.05) is 31.2 Å². The molecule has 1 N–H and O–H groups in total. The molecule has 0 spiro atoms. The lowest BCUT2D eigenvalue weighted by Crippen LogP contribution is -2.31. The molecule has 0 bridgehead atoms. The molecule has 0 atom stereocenters. The Morgan fingerprint density at radius 2 is 2.00 bits per heavy atom. The number of hydrogen-bond donors (Lipinski definition) is 1. The van der Waals surface area contributed by atoms with Gasteiger partial charge >= 0.3 is 0 Å². The van der Waals surface area contributed by atoms with Crippen LogP contribution in [-0.4, -0.2) is 42.2 Å². The van der Waals surface area contributed by atoms with Crippen LogP contribution >= 0.6 is 0 Å². The van der Waals surface area contributed by atoms with Crippen LogP contribution in [-0.2, 0) is 4.79 Å². The summed E-state index contributed by atoms with van der Waals surface area (Å²) in [5, 5.41) is 8.87. The Hall–Kier alpha value is -1.81. The molecule has 0 saturated carbocycles. The quantitative estimate of drug-likeness (QED) is 0.742. The standard InChI is InChI=1S/C16H23NO3/c1-3-13-20-15-8-5-14(6-9-15)7-10-16(19)17(4-2)11-12-18/h5-10,18H,3-4,11-13H2,1-2H3/b10-7+. The van der Waals surface area contributed by atoms with Crippen molar-refractivity contribution in [1.82, 2.24) is 4.90 Å². The Bertz CT molecular complexity index is 426. The zero-order valence-corrected chi connectivity index (χ0v) is 12.2. The van der Waals surface area contributed by atoms with Crippen LogP contribution in [0, 0.1) is 0 Å². The maximum atomic E-state index is 11.8. The molecule has 1 amide bonds. The normalized spacial score (nSPS) is 10.8. The molecule has 0 aliphatic carbocycles. The molecule has 1 aromatic rings. The third-order valence-electron chi connectivity index (χ3n) is 2.83. The minimum Gasteiger partial charge on any atom is -0.494 e. The third-order valence-corrected chi connectivity index (χ3v) is 2.83. The molecular weight excluding hydrogens is 254 g/mol. The Labute approximate surface area is 120 Å². The van der Waals surface area contributed by atoms with Crippen molar-refractivity contribution in [3.05, 3.63) is 35.9 Å². The lowest BCUT2D eigenvalue weighted by atomic mass is 10.2. The summed E-state index contributed by atoms with van der Waals surface area (Å²) >= 11 is 0. The summed E-state index contributed by atoms with van der Waals surface area (Å²) < 4.78 is 5.50. The van der Waals surface area contributed by atoms with E-state index in [1.165, 1.54) is 6.08 Å². The van der Waals surface area contributed by atoms with E-state index in [9.17, 15) is 4.79 Å². The highest BCUT2D eigenvalue weighted by Crippen LogP contribution is 2.13. The number of carbonyl (C=O) groups excluding carboxylic acids is 1. The van der Waals surface area contributed by atoms with Crippen molar-refractivity contribution in [2.75, 3.05) is 26.3 Å². The number of aliphatic hydroxyl groups is 1. The number of carbonyl (C=O) groups is 1. The van der Waals surface area contributed by atoms with Gasteiger partial charge in [0.2, 0.25) is 5.91 Å². The molecule has 0 heterocycles. The SMILES string of the molecule is CCCOc1ccc(/C=C/C(=O)N(CC)CCO)cc1. The molecule has 0 aliphatic heterocycles. The summed E-state index contributed by atoms with van der Waals surface area (Å²) in [6.07, 6.45) is 4.28. The van der Waals surface area contributed by atoms with Crippen LogP contribution in [0.4, 0.5) is 0 Å². The van der Waals surface area contributed by atoms with Crippen LogP contribution in [0.2, 0.25) is 0 Å². The second-order valence-electron chi connectivity index (χ2n) is 4.39. The van der Waals surface area contributed by atoms with Crippen LogP contribution < -0.4 is 4.74 Å². The van der Waals surface area contributed by atoms with Gasteiger partial charge in [0, 0.05) is 19.2 Å². The van der Waals surface area contributed by atoms with E-state index in [4.69, 9.17) is 9.84 Å². The minimum absolute atomic E-state index is 0.0170. The van der Waals surface area contributed by atoms with Gasteiger partial charge in [0.15, 0.2) is 0 Å². The monoisotopic (exact) mass is 277 g/mol. The fourth-order valence-corrected chi connectivity index (χ4v) is 1.71. The second kappa shape index (κ2) is 9.15. The predicted octanol–water partition coefficient (Wildman–Crippen LogP) is 2.33. The summed E-state index contributed by atoms with van der Waals surface area (Å²) in [5.41, 5.74) is 0.947. The van der Waals surface area contributed by atoms with Crippen LogP contribution in [0.25, 0.3) is 6.08 Å². The number of nitrogens with zero attached hydrogens (tertiary/aromatic N) is 1. The second-order valence-corrected chi connectivity index (χ2v) is 4.39. The first-order valence-electron chi connectivity index (χ1n) is 7.02. The molecule has 1 rings (SSSR count). The highest BCUT2D eigenvalue weighted by molar-refractivity contribution is 5.91. The van der Waals surface area contributed by atoms with Gasteiger partial charge in [0.25, 0.3) is 0 Å². The van der Waals surface area contributed by atoms with Crippen molar-refractivity contribution < 1.29 is 14.6 Å². The van der Waals surface area contributed by atoms with Crippen LogP contribution in [0.15, 0.2) is 30.3 Å². The first-order chi connectivity index (χ1) is 9.71. The van der Waals surface area contributed by atoms with Crippen LogP contribution in [0.3, 0.4) is 0 Å². The molecule has 4 nitrogen and oxygen atoms in total. The Balaban J connectivity index is 2.58. The minimum atomic E-state index is -0.0899. The molecule has 1 aromatic carbocycles. The number of hydrogen-bond acceptors (Lipinski definition) is 3. The maximum absolute atomic E-state index is 11.8. The molecule has 20 heavy (non-hydrogen) atoms. The smallest absolute Gasteiger partial charge is 0.246 e. The topological polar surface area (TPSA) is 49.8 Å². The van der Waals surface area contributed by atoms with E-state index in [2.05, 4.69) is 6.92 Å². The highest BCUT2D eigenvalue weighted by Gasteiger charge is 2.06. The number of amides is 1. The van der Waals surface area contributed by atoms with E-state index in [0.29, 0.717) is 19.7 Å². The van der Waals surface area contributed by atoms with Gasteiger partial charge in [0.05, 0.1) is 13.2 Å². The number of ether oxygens (including phenoxy) is 1. The molecule has 0 aliphatic rings. The molecule has 4 heteroatoms. The van der Waals surface area contributed by atoms with Crippen molar-refractivity contribution in [1.29, 1.82) is 0 Å². The van der Waals surface area contributed by atoms with E-state index < -0.39 is 0 Å². The Kier molecular flexibility index (Phi) is 7.43. The van der Waals surface area contributed by atoms with Crippen molar-refractivity contribution in [3.63, 3.8) is 0 Å². The van der Waals surface area contributed by atoms with Crippen molar-refractivity contribution >= 4 is 12.0 Å². The number of aliphatic hydroxyl groups excluding tert-OH is 1. The van der Waals surface area contributed by atoms with Gasteiger partial charge in [0.1, 0.15) is 5.75 Å². The van der Waals surface area contributed by atoms with Crippen LogP contribution in [0.5, 0.6) is 5.75 Å². The van der Waals surface area contributed by atoms with Gasteiger partial charge in [-0.05, 0) is 37.1 Å². The largest absolute Gasteiger partial charge is 0.494 e. The van der Waals surface area contributed by atoms with Gasteiger partial charge in [-0.3, -0.25) is 4.79 Å². The summed E-state index contributed by atoms with van der Waals surface area (Å²) in [6, 6.07) is 7.62. The van der Waals surface area contributed by atoms with E-state index in [0.717, 1.165) is 17.7 Å². The average molecular weight is 277 g/mol. The zero-order chi connectivity index (χ0) is 14.8. The lowest BCUT2D eigenvalue weighted by Gasteiger charge is -2.17. The van der Waals surface area contributed by atoms with E-state index in [1.54, 1.807) is 11.0 Å². The first kappa shape index (κ1) is 16.2. The van der Waals surface area contributed by atoms with Crippen LogP contribution in [0.1, 0.15) is 25.8 Å². The third kappa shape index (κ3) is 5.45. The van der Waals surface area contributed by atoms with Crippen molar-refractivity contribution in [3.8, 4) is 5.75 Å². The van der Waals surface area contributed by atoms with Gasteiger partial charge in [-0.1, -0.05) is 19.1 Å². The molecular formula is C16H23NO3. The Morgan fingerprint density at radius 1 is 1.30 bits per heavy atom. The van der Waals surface area contributed by atoms with Gasteiger partial charge in [-0.25, -0.2) is 0 Å². The summed E-state index contributed by atoms with van der Waals surface area (Å²) in [4.78, 5) is 13.4. The maximum Gasteiger partial charge on any atom is 0.246 e. The van der Waals surface area contributed by atoms with E-state index >= 15 is 0 Å². The average Bonchev–Trinajstić information content (AvgIpc) is 2.49. The molecule has 0 aromatic heterocycles. The lowest BCUT2D eigenvalue weighted by molar-refractivity contribution is -0.126. The van der Waals surface area contributed by atoms with Crippen molar-refractivity contribution in [2.45, 2.75) is 20.3 Å².